The fourth-order valence-electron chi connectivity index (χ4n) is 2.70. The second-order valence-corrected chi connectivity index (χ2v) is 5.94. The van der Waals surface area contributed by atoms with E-state index in [9.17, 15) is 18.0 Å². The van der Waals surface area contributed by atoms with Crippen LogP contribution in [-0.4, -0.2) is 25.2 Å². The summed E-state index contributed by atoms with van der Waals surface area (Å²) in [5.41, 5.74) is -0.192. The maximum absolute atomic E-state index is 13.0. The molecular formula is C18H19F3O2. The number of rotatable bonds is 4. The summed E-state index contributed by atoms with van der Waals surface area (Å²) >= 11 is 0. The van der Waals surface area contributed by atoms with Crippen molar-refractivity contribution in [1.82, 2.24) is 0 Å². The fraction of sp³-hybridized carbons (Fsp3) is 0.389. The minimum Gasteiger partial charge on any atom is -0.366 e. The van der Waals surface area contributed by atoms with Gasteiger partial charge < -0.3 is 4.74 Å². The molecule has 124 valence electrons. The van der Waals surface area contributed by atoms with Gasteiger partial charge in [0.1, 0.15) is 0 Å². The number of carbonyl (C=O) groups excluding carboxylic acids is 1. The van der Waals surface area contributed by atoms with Crippen LogP contribution in [0.5, 0.6) is 0 Å². The predicted octanol–water partition coefficient (Wildman–Crippen LogP) is 4.67. The third-order valence-electron chi connectivity index (χ3n) is 4.14. The van der Waals surface area contributed by atoms with Crippen molar-refractivity contribution >= 4 is 11.9 Å². The Kier molecular flexibility index (Phi) is 4.80. The first-order valence-electron chi connectivity index (χ1n) is 7.34. The Balaban J connectivity index is 2.57. The van der Waals surface area contributed by atoms with Crippen molar-refractivity contribution in [2.75, 3.05) is 7.11 Å². The summed E-state index contributed by atoms with van der Waals surface area (Å²) in [6.45, 7) is 4.05. The van der Waals surface area contributed by atoms with Crippen molar-refractivity contribution in [1.29, 1.82) is 0 Å². The van der Waals surface area contributed by atoms with Crippen LogP contribution in [0.2, 0.25) is 0 Å². The molecule has 1 aromatic carbocycles. The van der Waals surface area contributed by atoms with Crippen molar-refractivity contribution in [3.63, 3.8) is 0 Å². The van der Waals surface area contributed by atoms with Gasteiger partial charge in [0, 0.05) is 19.1 Å². The number of benzene rings is 1. The standard InChI is InChI=1S/C18H19F3O2/c1-12(2)13-5-4-6-14(9-13)16-8-7-15(18(19,20)21)10-17(16,11-22)23-3/h4-9,11-12H,10H2,1-3H3. The summed E-state index contributed by atoms with van der Waals surface area (Å²) in [5, 5.41) is 0. The van der Waals surface area contributed by atoms with Crippen LogP contribution in [0, 0.1) is 0 Å². The highest BCUT2D eigenvalue weighted by Gasteiger charge is 2.45. The molecule has 0 saturated carbocycles. The first-order valence-corrected chi connectivity index (χ1v) is 7.34. The molecule has 23 heavy (non-hydrogen) atoms. The molecule has 1 aliphatic carbocycles. The molecule has 0 radical (unpaired) electrons. The summed E-state index contributed by atoms with van der Waals surface area (Å²) in [5.74, 6) is 0.272. The zero-order valence-corrected chi connectivity index (χ0v) is 13.3. The Morgan fingerprint density at radius 1 is 1.26 bits per heavy atom. The van der Waals surface area contributed by atoms with Crippen LogP contribution in [0.4, 0.5) is 13.2 Å². The summed E-state index contributed by atoms with van der Waals surface area (Å²) in [6, 6.07) is 7.45. The molecule has 0 amide bonds. The van der Waals surface area contributed by atoms with Crippen LogP contribution in [-0.2, 0) is 9.53 Å². The maximum Gasteiger partial charge on any atom is 0.412 e. The molecule has 0 aliphatic heterocycles. The zero-order chi connectivity index (χ0) is 17.3. The van der Waals surface area contributed by atoms with E-state index in [2.05, 4.69) is 0 Å². The summed E-state index contributed by atoms with van der Waals surface area (Å²) in [4.78, 5) is 11.6. The highest BCUT2D eigenvalue weighted by molar-refractivity contribution is 5.91. The molecule has 0 N–H and O–H groups in total. The third kappa shape index (κ3) is 3.39. The van der Waals surface area contributed by atoms with E-state index < -0.39 is 23.8 Å². The molecule has 0 fully saturated rings. The van der Waals surface area contributed by atoms with E-state index in [0.717, 1.165) is 11.6 Å². The number of ether oxygens (including phenoxy) is 1. The van der Waals surface area contributed by atoms with E-state index in [1.807, 2.05) is 32.0 Å². The van der Waals surface area contributed by atoms with Crippen molar-refractivity contribution in [2.24, 2.45) is 0 Å². The number of halogens is 3. The average Bonchev–Trinajstić information content (AvgIpc) is 2.53. The Hall–Kier alpha value is -1.88. The highest BCUT2D eigenvalue weighted by atomic mass is 19.4. The van der Waals surface area contributed by atoms with Crippen molar-refractivity contribution in [3.8, 4) is 0 Å². The second-order valence-electron chi connectivity index (χ2n) is 5.94. The molecule has 0 bridgehead atoms. The first-order chi connectivity index (χ1) is 10.7. The number of aldehydes is 1. The minimum absolute atomic E-state index is 0.272. The van der Waals surface area contributed by atoms with Gasteiger partial charge in [-0.05, 0) is 22.6 Å². The van der Waals surface area contributed by atoms with Crippen molar-refractivity contribution in [2.45, 2.75) is 38.0 Å². The predicted molar refractivity (Wildman–Crippen MR) is 83.1 cm³/mol. The number of methoxy groups -OCH3 is 1. The SMILES string of the molecule is COC1(C=O)CC(C(F)(F)F)=CC=C1c1cccc(C(C)C)c1. The molecule has 1 atom stereocenters. The number of hydrogen-bond donors (Lipinski definition) is 0. The molecule has 2 rings (SSSR count). The molecule has 1 unspecified atom stereocenters. The molecule has 1 aromatic rings. The van der Waals surface area contributed by atoms with E-state index in [-0.39, 0.29) is 5.92 Å². The van der Waals surface area contributed by atoms with Gasteiger partial charge in [0.2, 0.25) is 0 Å². The van der Waals surface area contributed by atoms with Crippen LogP contribution < -0.4 is 0 Å². The number of carbonyl (C=O) groups is 1. The molecular weight excluding hydrogens is 305 g/mol. The highest BCUT2D eigenvalue weighted by Crippen LogP contribution is 2.42. The lowest BCUT2D eigenvalue weighted by Gasteiger charge is -2.34. The van der Waals surface area contributed by atoms with E-state index >= 15 is 0 Å². The van der Waals surface area contributed by atoms with Crippen LogP contribution in [0.3, 0.4) is 0 Å². The van der Waals surface area contributed by atoms with E-state index in [4.69, 9.17) is 4.74 Å². The van der Waals surface area contributed by atoms with Gasteiger partial charge in [-0.3, -0.25) is 4.79 Å². The lowest BCUT2D eigenvalue weighted by Crippen LogP contribution is -2.39. The first kappa shape index (κ1) is 17.5. The van der Waals surface area contributed by atoms with Crippen molar-refractivity contribution in [3.05, 3.63) is 53.1 Å². The smallest absolute Gasteiger partial charge is 0.366 e. The van der Waals surface area contributed by atoms with Gasteiger partial charge in [-0.15, -0.1) is 0 Å². The van der Waals surface area contributed by atoms with E-state index in [1.165, 1.54) is 13.2 Å². The Morgan fingerprint density at radius 2 is 1.96 bits per heavy atom. The number of alkyl halides is 3. The molecule has 0 aromatic heterocycles. The van der Waals surface area contributed by atoms with Gasteiger partial charge in [0.05, 0.1) is 0 Å². The number of hydrogen-bond acceptors (Lipinski definition) is 2. The van der Waals surface area contributed by atoms with Gasteiger partial charge in [-0.25, -0.2) is 0 Å². The molecule has 5 heteroatoms. The molecule has 0 heterocycles. The van der Waals surface area contributed by atoms with Gasteiger partial charge in [-0.2, -0.15) is 13.2 Å². The van der Waals surface area contributed by atoms with E-state index in [0.29, 0.717) is 17.4 Å². The summed E-state index contributed by atoms with van der Waals surface area (Å²) in [7, 11) is 1.26. The summed E-state index contributed by atoms with van der Waals surface area (Å²) < 4.78 is 44.2. The second kappa shape index (κ2) is 6.32. The lowest BCUT2D eigenvalue weighted by molar-refractivity contribution is -0.125. The normalized spacial score (nSPS) is 21.9. The monoisotopic (exact) mass is 324 g/mol. The molecule has 0 saturated heterocycles. The Morgan fingerprint density at radius 3 is 2.48 bits per heavy atom. The largest absolute Gasteiger partial charge is 0.412 e. The third-order valence-corrected chi connectivity index (χ3v) is 4.14. The maximum atomic E-state index is 13.0. The molecule has 0 spiro atoms. The quantitative estimate of drug-likeness (QED) is 0.752. The topological polar surface area (TPSA) is 26.3 Å². The zero-order valence-electron chi connectivity index (χ0n) is 13.3. The Bertz CT molecular complexity index is 656. The number of allylic oxidation sites excluding steroid dienone is 2. The minimum atomic E-state index is -4.48. The van der Waals surface area contributed by atoms with E-state index in [1.54, 1.807) is 6.07 Å². The van der Waals surface area contributed by atoms with Gasteiger partial charge in [0.25, 0.3) is 0 Å². The van der Waals surface area contributed by atoms with Crippen LogP contribution in [0.25, 0.3) is 5.57 Å². The lowest BCUT2D eigenvalue weighted by atomic mass is 9.79. The summed E-state index contributed by atoms with van der Waals surface area (Å²) in [6.07, 6.45) is -2.18. The molecule has 1 aliphatic rings. The van der Waals surface area contributed by atoms with Crippen molar-refractivity contribution < 1.29 is 22.7 Å². The van der Waals surface area contributed by atoms with Gasteiger partial charge >= 0.3 is 6.18 Å². The van der Waals surface area contributed by atoms with Gasteiger partial charge in [0.15, 0.2) is 11.9 Å². The van der Waals surface area contributed by atoms with Gasteiger partial charge in [-0.1, -0.05) is 50.3 Å². The Labute approximate surface area is 133 Å². The molecule has 2 nitrogen and oxygen atoms in total. The average molecular weight is 324 g/mol. The van der Waals surface area contributed by atoms with Crippen LogP contribution >= 0.6 is 0 Å². The van der Waals surface area contributed by atoms with Crippen LogP contribution in [0.15, 0.2) is 42.0 Å². The van der Waals surface area contributed by atoms with Crippen LogP contribution in [0.1, 0.15) is 37.3 Å². The fourth-order valence-corrected chi connectivity index (χ4v) is 2.70.